The van der Waals surface area contributed by atoms with E-state index in [1.165, 1.54) is 58.3 Å². The highest BCUT2D eigenvalue weighted by molar-refractivity contribution is 7.89. The second-order valence-electron chi connectivity index (χ2n) is 9.00. The van der Waals surface area contributed by atoms with E-state index in [4.69, 9.17) is 10.3 Å². The standard InChI is InChI=1S/C24H33N7O9S2/c1-2-27-21(32)13-30(14-22(33)28-17-3-7-19(8-4-17)41(25,37)38)11-12-31(16-24(35)36)15-23(34)29-18-5-9-20(10-6-18)42(26,39)40/h3-10H,2,11-16H2,1H3,(H,27,32)(H,28,33)(H,29,34)(H,35,36)(H2,25,37,38)(H2,26,39,40). The van der Waals surface area contributed by atoms with E-state index in [1.54, 1.807) is 6.92 Å². The fraction of sp³-hybridized carbons (Fsp3) is 0.333. The Balaban J connectivity index is 2.06. The highest BCUT2D eigenvalue weighted by atomic mass is 32.2. The summed E-state index contributed by atoms with van der Waals surface area (Å²) in [5.74, 6) is -2.71. The molecule has 0 fully saturated rings. The van der Waals surface area contributed by atoms with E-state index in [1.807, 2.05) is 0 Å². The maximum absolute atomic E-state index is 12.7. The topological polar surface area (TPSA) is 251 Å². The lowest BCUT2D eigenvalue weighted by molar-refractivity contribution is -0.139. The molecule has 2 aromatic carbocycles. The zero-order valence-corrected chi connectivity index (χ0v) is 24.3. The lowest BCUT2D eigenvalue weighted by atomic mass is 10.3. The number of amides is 3. The molecule has 0 unspecified atom stereocenters. The second-order valence-corrected chi connectivity index (χ2v) is 12.1. The first kappa shape index (κ1) is 34.3. The van der Waals surface area contributed by atoms with Gasteiger partial charge in [-0.05, 0) is 55.5 Å². The Morgan fingerprint density at radius 1 is 0.667 bits per heavy atom. The van der Waals surface area contributed by atoms with E-state index in [2.05, 4.69) is 16.0 Å². The Labute approximate surface area is 243 Å². The van der Waals surface area contributed by atoms with Crippen LogP contribution in [0.15, 0.2) is 58.3 Å². The number of nitrogens with zero attached hydrogens (tertiary/aromatic N) is 2. The third-order valence-electron chi connectivity index (χ3n) is 5.50. The number of carbonyl (C=O) groups excluding carboxylic acids is 3. The first-order valence-electron chi connectivity index (χ1n) is 12.4. The number of hydrogen-bond donors (Lipinski definition) is 6. The molecule has 3 amide bonds. The van der Waals surface area contributed by atoms with Crippen molar-refractivity contribution >= 4 is 55.1 Å². The van der Waals surface area contributed by atoms with E-state index in [0.717, 1.165) is 0 Å². The molecule has 0 radical (unpaired) electrons. The Morgan fingerprint density at radius 3 is 1.36 bits per heavy atom. The van der Waals surface area contributed by atoms with Crippen molar-refractivity contribution in [3.05, 3.63) is 48.5 Å². The molecule has 230 valence electrons. The molecule has 16 nitrogen and oxygen atoms in total. The van der Waals surface area contributed by atoms with Crippen LogP contribution in [0.2, 0.25) is 0 Å². The van der Waals surface area contributed by atoms with Crippen LogP contribution >= 0.6 is 0 Å². The molecule has 18 heteroatoms. The van der Waals surface area contributed by atoms with Crippen LogP contribution in [0.1, 0.15) is 6.92 Å². The monoisotopic (exact) mass is 627 g/mol. The third-order valence-corrected chi connectivity index (χ3v) is 7.36. The van der Waals surface area contributed by atoms with Gasteiger partial charge in [0.25, 0.3) is 0 Å². The van der Waals surface area contributed by atoms with E-state index >= 15 is 0 Å². The molecule has 8 N–H and O–H groups in total. The highest BCUT2D eigenvalue weighted by Gasteiger charge is 2.20. The minimum absolute atomic E-state index is 0.0141. The van der Waals surface area contributed by atoms with Gasteiger partial charge in [0.05, 0.1) is 36.0 Å². The molecule has 2 rings (SSSR count). The summed E-state index contributed by atoms with van der Waals surface area (Å²) in [6, 6.07) is 10.2. The maximum atomic E-state index is 12.7. The van der Waals surface area contributed by atoms with Crippen molar-refractivity contribution in [3.8, 4) is 0 Å². The summed E-state index contributed by atoms with van der Waals surface area (Å²) >= 11 is 0. The number of carboxylic acid groups (broad SMARTS) is 1. The molecule has 0 aliphatic carbocycles. The number of rotatable bonds is 16. The van der Waals surface area contributed by atoms with Crippen molar-refractivity contribution in [2.24, 2.45) is 10.3 Å². The molecule has 0 saturated carbocycles. The number of likely N-dealkylation sites (N-methyl/N-ethyl adjacent to an activating group) is 1. The SMILES string of the molecule is CCNC(=O)CN(CCN(CC(=O)O)CC(=O)Nc1ccc(S(N)(=O)=O)cc1)CC(=O)Nc1ccc(S(N)(=O)=O)cc1. The molecule has 0 atom stereocenters. The van der Waals surface area contributed by atoms with Gasteiger partial charge in [0, 0.05) is 31.0 Å². The molecular weight excluding hydrogens is 594 g/mol. The Kier molecular flexibility index (Phi) is 12.5. The van der Waals surface area contributed by atoms with E-state index in [-0.39, 0.29) is 59.8 Å². The van der Waals surface area contributed by atoms with Crippen molar-refractivity contribution in [2.45, 2.75) is 16.7 Å². The second kappa shape index (κ2) is 15.3. The summed E-state index contributed by atoms with van der Waals surface area (Å²) < 4.78 is 45.6. The minimum atomic E-state index is -3.92. The molecule has 0 aliphatic heterocycles. The van der Waals surface area contributed by atoms with Crippen LogP contribution in [0.25, 0.3) is 0 Å². The van der Waals surface area contributed by atoms with Crippen LogP contribution < -0.4 is 26.2 Å². The third kappa shape index (κ3) is 12.3. The van der Waals surface area contributed by atoms with Crippen molar-refractivity contribution in [3.63, 3.8) is 0 Å². The fourth-order valence-electron chi connectivity index (χ4n) is 3.62. The molecule has 0 bridgehead atoms. The van der Waals surface area contributed by atoms with E-state index in [9.17, 15) is 41.1 Å². The predicted octanol–water partition coefficient (Wildman–Crippen LogP) is -1.62. The molecule has 0 aromatic heterocycles. The van der Waals surface area contributed by atoms with Gasteiger partial charge in [-0.15, -0.1) is 0 Å². The first-order chi connectivity index (χ1) is 19.6. The van der Waals surface area contributed by atoms with Gasteiger partial charge in [-0.2, -0.15) is 0 Å². The van der Waals surface area contributed by atoms with Crippen molar-refractivity contribution in [1.82, 2.24) is 15.1 Å². The van der Waals surface area contributed by atoms with Gasteiger partial charge in [0.15, 0.2) is 0 Å². The van der Waals surface area contributed by atoms with Crippen molar-refractivity contribution in [1.29, 1.82) is 0 Å². The number of anilines is 2. The van der Waals surface area contributed by atoms with Gasteiger partial charge in [-0.1, -0.05) is 0 Å². The maximum Gasteiger partial charge on any atom is 0.317 e. The summed E-state index contributed by atoms with van der Waals surface area (Å²) in [6.45, 7) is 0.718. The molecule has 2 aromatic rings. The van der Waals surface area contributed by atoms with E-state index in [0.29, 0.717) is 6.54 Å². The van der Waals surface area contributed by atoms with Gasteiger partial charge >= 0.3 is 5.97 Å². The van der Waals surface area contributed by atoms with Gasteiger partial charge in [0.2, 0.25) is 37.8 Å². The number of nitrogens with two attached hydrogens (primary N) is 2. The van der Waals surface area contributed by atoms with Crippen LogP contribution in [0, 0.1) is 0 Å². The molecule has 0 heterocycles. The number of hydrogen-bond acceptors (Lipinski definition) is 10. The van der Waals surface area contributed by atoms with Crippen LogP contribution in [0.3, 0.4) is 0 Å². The predicted molar refractivity (Wildman–Crippen MR) is 152 cm³/mol. The van der Waals surface area contributed by atoms with Gasteiger partial charge in [-0.3, -0.25) is 29.0 Å². The number of carbonyl (C=O) groups is 4. The number of nitrogens with one attached hydrogen (secondary N) is 3. The molecule has 0 aliphatic rings. The first-order valence-corrected chi connectivity index (χ1v) is 15.4. The summed E-state index contributed by atoms with van der Waals surface area (Å²) in [5, 5.41) is 27.2. The minimum Gasteiger partial charge on any atom is -0.480 e. The number of aliphatic carboxylic acids is 1. The van der Waals surface area contributed by atoms with Crippen molar-refractivity contribution < 1.29 is 41.1 Å². The zero-order valence-electron chi connectivity index (χ0n) is 22.6. The summed E-state index contributed by atoms with van der Waals surface area (Å²) in [6.07, 6.45) is 0. The van der Waals surface area contributed by atoms with Crippen LogP contribution in [0.4, 0.5) is 11.4 Å². The summed E-state index contributed by atoms with van der Waals surface area (Å²) in [4.78, 5) is 51.4. The summed E-state index contributed by atoms with van der Waals surface area (Å²) in [5.41, 5.74) is 0.543. The smallest absolute Gasteiger partial charge is 0.317 e. The molecule has 42 heavy (non-hydrogen) atoms. The lowest BCUT2D eigenvalue weighted by Crippen LogP contribution is -2.46. The van der Waals surface area contributed by atoms with Crippen LogP contribution in [-0.4, -0.2) is 101 Å². The quantitative estimate of drug-likeness (QED) is 0.123. The fourth-order valence-corrected chi connectivity index (χ4v) is 4.65. The average molecular weight is 628 g/mol. The van der Waals surface area contributed by atoms with Crippen LogP contribution in [0.5, 0.6) is 0 Å². The Hall–Kier alpha value is -3.94. The largest absolute Gasteiger partial charge is 0.480 e. The highest BCUT2D eigenvalue weighted by Crippen LogP contribution is 2.14. The molecular formula is C24H33N7O9S2. The number of carboxylic acids is 1. The Morgan fingerprint density at radius 2 is 1.02 bits per heavy atom. The van der Waals surface area contributed by atoms with Gasteiger partial charge in [-0.25, -0.2) is 27.1 Å². The average Bonchev–Trinajstić information content (AvgIpc) is 2.86. The van der Waals surface area contributed by atoms with Crippen molar-refractivity contribution in [2.75, 3.05) is 56.4 Å². The van der Waals surface area contributed by atoms with Gasteiger partial charge in [0.1, 0.15) is 0 Å². The molecule has 0 spiro atoms. The van der Waals surface area contributed by atoms with Gasteiger partial charge < -0.3 is 21.1 Å². The number of primary sulfonamides is 2. The number of benzene rings is 2. The Bertz CT molecular complexity index is 1480. The lowest BCUT2D eigenvalue weighted by Gasteiger charge is -2.26. The number of sulfonamides is 2. The summed E-state index contributed by atoms with van der Waals surface area (Å²) in [7, 11) is -7.83. The zero-order chi connectivity index (χ0) is 31.5. The van der Waals surface area contributed by atoms with Crippen LogP contribution in [-0.2, 0) is 39.2 Å². The molecule has 0 saturated heterocycles. The van der Waals surface area contributed by atoms with E-state index < -0.39 is 44.4 Å². The normalized spacial score (nSPS) is 11.7.